The molecule has 0 fully saturated rings. The van der Waals surface area contributed by atoms with Gasteiger partial charge in [0.25, 0.3) is 0 Å². The van der Waals surface area contributed by atoms with Crippen molar-refractivity contribution in [2.75, 3.05) is 13.7 Å². The predicted molar refractivity (Wildman–Crippen MR) is 42.9 cm³/mol. The van der Waals surface area contributed by atoms with Crippen LogP contribution in [0.1, 0.15) is 13.3 Å². The first-order valence-electron chi connectivity index (χ1n) is 3.47. The second kappa shape index (κ2) is 5.75. The molecule has 0 aromatic rings. The summed E-state index contributed by atoms with van der Waals surface area (Å²) in [4.78, 5) is 10.6. The van der Waals surface area contributed by atoms with E-state index < -0.39 is 0 Å². The molecule has 0 radical (unpaired) electrons. The van der Waals surface area contributed by atoms with Crippen LogP contribution in [0.4, 0.5) is 0 Å². The Bertz CT molecular complexity index is 160. The monoisotopic (exact) mass is 155 g/mol. The number of carbonyl (C=O) groups excluding carboxylic acids is 1. The number of hydrogen-bond acceptors (Lipinski definition) is 3. The lowest BCUT2D eigenvalue weighted by Crippen LogP contribution is -2.26. The highest BCUT2D eigenvalue weighted by Crippen LogP contribution is 1.83. The van der Waals surface area contributed by atoms with Gasteiger partial charge in [0.1, 0.15) is 0 Å². The molecule has 62 valence electrons. The van der Waals surface area contributed by atoms with Crippen LogP contribution in [0.25, 0.3) is 0 Å². The fraction of sp³-hybridized carbons (Fsp3) is 0.625. The molecule has 0 saturated carbocycles. The van der Waals surface area contributed by atoms with Crippen LogP contribution in [-0.2, 0) is 9.53 Å². The Balaban J connectivity index is 3.29. The molecule has 11 heavy (non-hydrogen) atoms. The molecule has 0 aliphatic heterocycles. The Morgan fingerprint density at radius 3 is 2.91 bits per heavy atom. The molecule has 0 aliphatic rings. The summed E-state index contributed by atoms with van der Waals surface area (Å²) >= 11 is 0. The number of carbonyl (C=O) groups is 1. The average molecular weight is 155 g/mol. The van der Waals surface area contributed by atoms with Crippen LogP contribution in [0, 0.1) is 12.3 Å². The van der Waals surface area contributed by atoms with Gasteiger partial charge in [0, 0.05) is 6.54 Å². The quantitative estimate of drug-likeness (QED) is 0.464. The van der Waals surface area contributed by atoms with Crippen LogP contribution in [0.15, 0.2) is 0 Å². The zero-order valence-electron chi connectivity index (χ0n) is 6.89. The van der Waals surface area contributed by atoms with Crippen LogP contribution in [0.3, 0.4) is 0 Å². The van der Waals surface area contributed by atoms with Crippen LogP contribution in [0.5, 0.6) is 0 Å². The van der Waals surface area contributed by atoms with Gasteiger partial charge in [-0.2, -0.15) is 0 Å². The van der Waals surface area contributed by atoms with E-state index in [0.29, 0.717) is 13.0 Å². The number of nitrogens with one attached hydrogen (secondary N) is 1. The van der Waals surface area contributed by atoms with Gasteiger partial charge in [-0.05, 0) is 6.92 Å². The fourth-order valence-electron chi connectivity index (χ4n) is 0.552. The van der Waals surface area contributed by atoms with Gasteiger partial charge in [0.2, 0.25) is 0 Å². The molecule has 0 bridgehead atoms. The molecule has 1 unspecified atom stereocenters. The lowest BCUT2D eigenvalue weighted by Gasteiger charge is -2.05. The summed E-state index contributed by atoms with van der Waals surface area (Å²) in [5.41, 5.74) is 0. The summed E-state index contributed by atoms with van der Waals surface area (Å²) < 4.78 is 4.44. The predicted octanol–water partition coefficient (Wildman–Crippen LogP) is 0.161. The first-order chi connectivity index (χ1) is 5.20. The summed E-state index contributed by atoms with van der Waals surface area (Å²) in [5, 5.41) is 2.96. The number of terminal acetylenes is 1. The molecule has 0 aromatic heterocycles. The SMILES string of the molecule is C#CC(C)NCCC(=O)OC. The third-order valence-electron chi connectivity index (χ3n) is 1.26. The first-order valence-corrected chi connectivity index (χ1v) is 3.47. The van der Waals surface area contributed by atoms with E-state index in [4.69, 9.17) is 6.42 Å². The Morgan fingerprint density at radius 2 is 2.45 bits per heavy atom. The second-order valence-corrected chi connectivity index (χ2v) is 2.17. The molecule has 0 aliphatic carbocycles. The maximum atomic E-state index is 10.6. The van der Waals surface area contributed by atoms with Crippen molar-refractivity contribution in [3.05, 3.63) is 0 Å². The zero-order chi connectivity index (χ0) is 8.69. The van der Waals surface area contributed by atoms with E-state index in [1.165, 1.54) is 7.11 Å². The standard InChI is InChI=1S/C8H13NO2/c1-4-7(2)9-6-5-8(10)11-3/h1,7,9H,5-6H2,2-3H3. The maximum Gasteiger partial charge on any atom is 0.306 e. The summed E-state index contributed by atoms with van der Waals surface area (Å²) in [6.07, 6.45) is 5.46. The van der Waals surface area contributed by atoms with E-state index >= 15 is 0 Å². The fourth-order valence-corrected chi connectivity index (χ4v) is 0.552. The van der Waals surface area contributed by atoms with Gasteiger partial charge < -0.3 is 10.1 Å². The molecule has 0 amide bonds. The van der Waals surface area contributed by atoms with Crippen molar-refractivity contribution in [3.63, 3.8) is 0 Å². The third-order valence-corrected chi connectivity index (χ3v) is 1.26. The molecule has 0 heterocycles. The van der Waals surface area contributed by atoms with Crippen molar-refractivity contribution in [2.45, 2.75) is 19.4 Å². The lowest BCUT2D eigenvalue weighted by molar-refractivity contribution is -0.140. The molecule has 1 atom stereocenters. The minimum atomic E-state index is -0.221. The lowest BCUT2D eigenvalue weighted by atomic mass is 10.3. The minimum absolute atomic E-state index is 0.0136. The highest BCUT2D eigenvalue weighted by molar-refractivity contribution is 5.69. The smallest absolute Gasteiger partial charge is 0.306 e. The third kappa shape index (κ3) is 5.43. The van der Waals surface area contributed by atoms with Gasteiger partial charge in [-0.3, -0.25) is 4.79 Å². The molecule has 0 saturated heterocycles. The molecule has 3 nitrogen and oxygen atoms in total. The van der Waals surface area contributed by atoms with Crippen molar-refractivity contribution in [3.8, 4) is 12.3 Å². The van der Waals surface area contributed by atoms with Crippen molar-refractivity contribution in [2.24, 2.45) is 0 Å². The van der Waals surface area contributed by atoms with Gasteiger partial charge in [-0.15, -0.1) is 6.42 Å². The van der Waals surface area contributed by atoms with Gasteiger partial charge in [-0.25, -0.2) is 0 Å². The van der Waals surface area contributed by atoms with Gasteiger partial charge in [0.15, 0.2) is 0 Å². The maximum absolute atomic E-state index is 10.6. The average Bonchev–Trinajstić information content (AvgIpc) is 2.04. The zero-order valence-corrected chi connectivity index (χ0v) is 6.89. The number of esters is 1. The van der Waals surface area contributed by atoms with E-state index in [0.717, 1.165) is 0 Å². The molecular weight excluding hydrogens is 142 g/mol. The van der Waals surface area contributed by atoms with Crippen molar-refractivity contribution in [1.82, 2.24) is 5.32 Å². The van der Waals surface area contributed by atoms with Gasteiger partial charge in [0.05, 0.1) is 19.6 Å². The molecular formula is C8H13NO2. The number of methoxy groups -OCH3 is 1. The Hall–Kier alpha value is -1.01. The minimum Gasteiger partial charge on any atom is -0.469 e. The number of ether oxygens (including phenoxy) is 1. The summed E-state index contributed by atoms with van der Waals surface area (Å²) in [7, 11) is 1.37. The van der Waals surface area contributed by atoms with E-state index in [9.17, 15) is 4.79 Å². The summed E-state index contributed by atoms with van der Waals surface area (Å²) in [6.45, 7) is 2.43. The van der Waals surface area contributed by atoms with E-state index in [1.807, 2.05) is 6.92 Å². The van der Waals surface area contributed by atoms with E-state index in [-0.39, 0.29) is 12.0 Å². The highest BCUT2D eigenvalue weighted by Gasteiger charge is 2.00. The van der Waals surface area contributed by atoms with E-state index in [1.54, 1.807) is 0 Å². The topological polar surface area (TPSA) is 38.3 Å². The Labute approximate surface area is 67.1 Å². The van der Waals surface area contributed by atoms with Crippen LogP contribution >= 0.6 is 0 Å². The van der Waals surface area contributed by atoms with E-state index in [2.05, 4.69) is 16.0 Å². The normalized spacial score (nSPS) is 11.7. The largest absolute Gasteiger partial charge is 0.469 e. The molecule has 3 heteroatoms. The summed E-state index contributed by atoms with van der Waals surface area (Å²) in [5.74, 6) is 2.27. The molecule has 0 aromatic carbocycles. The van der Waals surface area contributed by atoms with Crippen molar-refractivity contribution < 1.29 is 9.53 Å². The number of hydrogen-bond donors (Lipinski definition) is 1. The Kier molecular flexibility index (Phi) is 5.22. The molecule has 0 spiro atoms. The Morgan fingerprint density at radius 1 is 1.82 bits per heavy atom. The number of rotatable bonds is 4. The molecule has 1 N–H and O–H groups in total. The molecule has 0 rings (SSSR count). The van der Waals surface area contributed by atoms with Gasteiger partial charge >= 0.3 is 5.97 Å². The van der Waals surface area contributed by atoms with Crippen molar-refractivity contribution in [1.29, 1.82) is 0 Å². The van der Waals surface area contributed by atoms with Crippen LogP contribution in [0.2, 0.25) is 0 Å². The summed E-state index contributed by atoms with van der Waals surface area (Å²) in [6, 6.07) is 0.0136. The highest BCUT2D eigenvalue weighted by atomic mass is 16.5. The van der Waals surface area contributed by atoms with Crippen molar-refractivity contribution >= 4 is 5.97 Å². The van der Waals surface area contributed by atoms with Crippen LogP contribution in [-0.4, -0.2) is 25.7 Å². The first kappa shape index (κ1) is 9.99. The van der Waals surface area contributed by atoms with Crippen LogP contribution < -0.4 is 5.32 Å². The second-order valence-electron chi connectivity index (χ2n) is 2.17. The van der Waals surface area contributed by atoms with Gasteiger partial charge in [-0.1, -0.05) is 5.92 Å².